The van der Waals surface area contributed by atoms with Crippen LogP contribution in [0.2, 0.25) is 0 Å². The molecule has 1 saturated heterocycles. The van der Waals surface area contributed by atoms with Crippen molar-refractivity contribution in [2.24, 2.45) is 7.05 Å². The Balaban J connectivity index is 1.75. The molecule has 1 fully saturated rings. The van der Waals surface area contributed by atoms with Gasteiger partial charge in [0.1, 0.15) is 0 Å². The SMILES string of the molecule is Cn1c2c(c3ccc4cc5c(cc4c31)OCO5)C1(O)CCC(C2)O1. The molecule has 122 valence electrons. The highest BCUT2D eigenvalue weighted by Crippen LogP contribution is 2.49. The van der Waals surface area contributed by atoms with Gasteiger partial charge in [0.15, 0.2) is 17.3 Å². The maximum absolute atomic E-state index is 11.0. The second-order valence-electron chi connectivity index (χ2n) is 7.04. The number of aryl methyl sites for hydroxylation is 1. The molecule has 2 aromatic carbocycles. The molecule has 0 saturated carbocycles. The van der Waals surface area contributed by atoms with Crippen LogP contribution in [0.3, 0.4) is 0 Å². The monoisotopic (exact) mass is 323 g/mol. The van der Waals surface area contributed by atoms with Gasteiger partial charge < -0.3 is 23.9 Å². The number of hydrogen-bond donors (Lipinski definition) is 1. The number of aromatic nitrogens is 1. The minimum Gasteiger partial charge on any atom is -0.454 e. The molecule has 1 N–H and O–H groups in total. The standard InChI is InChI=1S/C19H17NO4/c1-20-14-7-11-4-5-19(21,24-11)17(14)12-3-2-10-6-15-16(23-9-22-15)8-13(10)18(12)20/h2-3,6,8,11,21H,4-5,7,9H2,1H3. The summed E-state index contributed by atoms with van der Waals surface area (Å²) in [4.78, 5) is 0. The predicted octanol–water partition coefficient (Wildman–Crippen LogP) is 2.94. The first kappa shape index (κ1) is 13.1. The second kappa shape index (κ2) is 4.05. The van der Waals surface area contributed by atoms with E-state index in [0.29, 0.717) is 6.42 Å². The molecule has 0 spiro atoms. The molecular weight excluding hydrogens is 306 g/mol. The van der Waals surface area contributed by atoms with Crippen LogP contribution in [0.1, 0.15) is 24.1 Å². The number of hydrogen-bond acceptors (Lipinski definition) is 4. The molecule has 3 aliphatic rings. The van der Waals surface area contributed by atoms with Crippen LogP contribution in [0.4, 0.5) is 0 Å². The quantitative estimate of drug-likeness (QED) is 0.691. The maximum Gasteiger partial charge on any atom is 0.231 e. The average Bonchev–Trinajstić information content (AvgIpc) is 3.22. The molecule has 0 amide bonds. The third-order valence-electron chi connectivity index (χ3n) is 5.76. The second-order valence-corrected chi connectivity index (χ2v) is 7.04. The van der Waals surface area contributed by atoms with Gasteiger partial charge in [-0.05, 0) is 23.9 Å². The van der Waals surface area contributed by atoms with Crippen molar-refractivity contribution < 1.29 is 19.3 Å². The number of rotatable bonds is 0. The van der Waals surface area contributed by atoms with E-state index in [1.807, 2.05) is 6.07 Å². The zero-order chi connectivity index (χ0) is 16.1. The Morgan fingerprint density at radius 1 is 1.17 bits per heavy atom. The van der Waals surface area contributed by atoms with E-state index >= 15 is 0 Å². The molecule has 2 atom stereocenters. The first-order valence-corrected chi connectivity index (χ1v) is 8.38. The zero-order valence-electron chi connectivity index (χ0n) is 13.3. The molecule has 6 rings (SSSR count). The molecule has 5 nitrogen and oxygen atoms in total. The number of benzene rings is 2. The van der Waals surface area contributed by atoms with Crippen LogP contribution in [0.5, 0.6) is 11.5 Å². The van der Waals surface area contributed by atoms with Crippen LogP contribution in [0.15, 0.2) is 24.3 Å². The molecule has 2 unspecified atom stereocenters. The third kappa shape index (κ3) is 1.43. The summed E-state index contributed by atoms with van der Waals surface area (Å²) in [5, 5.41) is 14.3. The molecule has 2 bridgehead atoms. The molecule has 3 aromatic rings. The van der Waals surface area contributed by atoms with Gasteiger partial charge in [0.2, 0.25) is 6.79 Å². The fourth-order valence-corrected chi connectivity index (χ4v) is 4.69. The first-order chi connectivity index (χ1) is 11.6. The smallest absolute Gasteiger partial charge is 0.231 e. The van der Waals surface area contributed by atoms with Crippen molar-refractivity contribution in [3.8, 4) is 11.5 Å². The van der Waals surface area contributed by atoms with E-state index in [2.05, 4.69) is 29.8 Å². The Labute approximate surface area is 138 Å². The highest BCUT2D eigenvalue weighted by Gasteiger charge is 2.48. The zero-order valence-corrected chi connectivity index (χ0v) is 13.3. The normalized spacial score (nSPS) is 27.2. The van der Waals surface area contributed by atoms with E-state index in [1.54, 1.807) is 0 Å². The lowest BCUT2D eigenvalue weighted by Gasteiger charge is -2.29. The summed E-state index contributed by atoms with van der Waals surface area (Å²) < 4.78 is 19.2. The van der Waals surface area contributed by atoms with Crippen LogP contribution in [0.25, 0.3) is 21.7 Å². The van der Waals surface area contributed by atoms with Gasteiger partial charge in [0, 0.05) is 41.9 Å². The summed E-state index contributed by atoms with van der Waals surface area (Å²) in [5.74, 6) is 0.439. The number of fused-ring (bicyclic) bond motifs is 9. The maximum atomic E-state index is 11.0. The van der Waals surface area contributed by atoms with Gasteiger partial charge in [-0.15, -0.1) is 0 Å². The number of nitrogens with zero attached hydrogens (tertiary/aromatic N) is 1. The Morgan fingerprint density at radius 3 is 2.88 bits per heavy atom. The van der Waals surface area contributed by atoms with E-state index in [-0.39, 0.29) is 12.9 Å². The topological polar surface area (TPSA) is 52.9 Å². The fraction of sp³-hybridized carbons (Fsp3) is 0.368. The van der Waals surface area contributed by atoms with Crippen LogP contribution in [0, 0.1) is 0 Å². The summed E-state index contributed by atoms with van der Waals surface area (Å²) in [6, 6.07) is 8.26. The van der Waals surface area contributed by atoms with Gasteiger partial charge in [-0.3, -0.25) is 0 Å². The molecular formula is C19H17NO4. The summed E-state index contributed by atoms with van der Waals surface area (Å²) in [5.41, 5.74) is 3.26. The van der Waals surface area contributed by atoms with Crippen molar-refractivity contribution in [3.05, 3.63) is 35.5 Å². The number of aliphatic hydroxyl groups is 1. The van der Waals surface area contributed by atoms with Gasteiger partial charge in [-0.2, -0.15) is 0 Å². The highest BCUT2D eigenvalue weighted by atomic mass is 16.7. The van der Waals surface area contributed by atoms with Crippen molar-refractivity contribution in [2.45, 2.75) is 31.2 Å². The fourth-order valence-electron chi connectivity index (χ4n) is 4.69. The van der Waals surface area contributed by atoms with Gasteiger partial charge in [-0.25, -0.2) is 0 Å². The van der Waals surface area contributed by atoms with E-state index in [9.17, 15) is 5.11 Å². The van der Waals surface area contributed by atoms with E-state index < -0.39 is 5.79 Å². The molecule has 0 radical (unpaired) electrons. The summed E-state index contributed by atoms with van der Waals surface area (Å²) in [6.45, 7) is 0.272. The van der Waals surface area contributed by atoms with Gasteiger partial charge >= 0.3 is 0 Å². The Morgan fingerprint density at radius 2 is 2.00 bits per heavy atom. The lowest BCUT2D eigenvalue weighted by Crippen LogP contribution is -2.32. The van der Waals surface area contributed by atoms with Gasteiger partial charge in [-0.1, -0.05) is 12.1 Å². The lowest BCUT2D eigenvalue weighted by molar-refractivity contribution is -0.207. The average molecular weight is 323 g/mol. The molecule has 1 aromatic heterocycles. The summed E-state index contributed by atoms with van der Waals surface area (Å²) in [7, 11) is 2.08. The number of ether oxygens (including phenoxy) is 3. The Bertz CT molecular complexity index is 1040. The van der Waals surface area contributed by atoms with Gasteiger partial charge in [0.05, 0.1) is 11.6 Å². The molecule has 5 heteroatoms. The molecule has 24 heavy (non-hydrogen) atoms. The van der Waals surface area contributed by atoms with Crippen molar-refractivity contribution in [3.63, 3.8) is 0 Å². The van der Waals surface area contributed by atoms with Crippen LogP contribution >= 0.6 is 0 Å². The van der Waals surface area contributed by atoms with Crippen molar-refractivity contribution >= 4 is 21.7 Å². The van der Waals surface area contributed by atoms with Crippen molar-refractivity contribution in [1.82, 2.24) is 4.57 Å². The largest absolute Gasteiger partial charge is 0.454 e. The molecule has 4 heterocycles. The van der Waals surface area contributed by atoms with Crippen LogP contribution < -0.4 is 9.47 Å². The Hall–Kier alpha value is -2.24. The van der Waals surface area contributed by atoms with Crippen molar-refractivity contribution in [1.29, 1.82) is 0 Å². The van der Waals surface area contributed by atoms with E-state index in [1.165, 1.54) is 5.69 Å². The third-order valence-corrected chi connectivity index (χ3v) is 5.76. The summed E-state index contributed by atoms with van der Waals surface area (Å²) in [6.07, 6.45) is 2.56. The predicted molar refractivity (Wildman–Crippen MR) is 88.3 cm³/mol. The first-order valence-electron chi connectivity index (χ1n) is 8.38. The van der Waals surface area contributed by atoms with E-state index in [4.69, 9.17) is 14.2 Å². The minimum absolute atomic E-state index is 0.123. The van der Waals surface area contributed by atoms with Crippen LogP contribution in [-0.4, -0.2) is 22.6 Å². The minimum atomic E-state index is -1.14. The molecule has 3 aliphatic heterocycles. The van der Waals surface area contributed by atoms with E-state index in [0.717, 1.165) is 51.6 Å². The van der Waals surface area contributed by atoms with Crippen LogP contribution in [-0.2, 0) is 24.0 Å². The Kier molecular flexibility index (Phi) is 2.21. The van der Waals surface area contributed by atoms with Crippen molar-refractivity contribution in [2.75, 3.05) is 6.79 Å². The lowest BCUT2D eigenvalue weighted by atomic mass is 9.97. The summed E-state index contributed by atoms with van der Waals surface area (Å²) >= 11 is 0. The molecule has 0 aliphatic carbocycles. The van der Waals surface area contributed by atoms with Gasteiger partial charge in [0.25, 0.3) is 0 Å². The highest BCUT2D eigenvalue weighted by molar-refractivity contribution is 6.09.